The van der Waals surface area contributed by atoms with Crippen LogP contribution in [0, 0.1) is 0 Å². The first kappa shape index (κ1) is 10.7. The molecule has 1 aromatic heterocycles. The van der Waals surface area contributed by atoms with Crippen molar-refractivity contribution in [3.63, 3.8) is 0 Å². The lowest BCUT2D eigenvalue weighted by Gasteiger charge is -2.05. The average molecular weight is 237 g/mol. The number of methoxy groups -OCH3 is 1. The van der Waals surface area contributed by atoms with Crippen LogP contribution < -0.4 is 0 Å². The Morgan fingerprint density at radius 1 is 1.06 bits per heavy atom. The van der Waals surface area contributed by atoms with Gasteiger partial charge in [-0.3, -0.25) is 0 Å². The number of esters is 1. The van der Waals surface area contributed by atoms with Crippen LogP contribution in [0.15, 0.2) is 48.5 Å². The van der Waals surface area contributed by atoms with Crippen molar-refractivity contribution < 1.29 is 9.53 Å². The maximum atomic E-state index is 11.7. The molecule has 0 aliphatic rings. The van der Waals surface area contributed by atoms with Crippen LogP contribution >= 0.6 is 0 Å². The van der Waals surface area contributed by atoms with Crippen LogP contribution in [0.5, 0.6) is 0 Å². The van der Waals surface area contributed by atoms with E-state index in [9.17, 15) is 4.79 Å². The number of fused-ring (bicyclic) bond motifs is 2. The van der Waals surface area contributed by atoms with Gasteiger partial charge in [-0.05, 0) is 18.2 Å². The van der Waals surface area contributed by atoms with Crippen LogP contribution in [0.2, 0.25) is 0 Å². The molecule has 0 aliphatic carbocycles. The first-order valence-electron chi connectivity index (χ1n) is 5.66. The predicted octanol–water partition coefficient (Wildman–Crippen LogP) is 3.17. The third-order valence-corrected chi connectivity index (χ3v) is 2.95. The van der Waals surface area contributed by atoms with Gasteiger partial charge in [0.15, 0.2) is 0 Å². The number of carbonyl (C=O) groups excluding carboxylic acids is 1. The van der Waals surface area contributed by atoms with E-state index in [1.54, 1.807) is 6.07 Å². The van der Waals surface area contributed by atoms with E-state index in [2.05, 4.69) is 4.98 Å². The monoisotopic (exact) mass is 237 g/mol. The van der Waals surface area contributed by atoms with Gasteiger partial charge in [-0.15, -0.1) is 0 Å². The van der Waals surface area contributed by atoms with Crippen molar-refractivity contribution in [2.45, 2.75) is 0 Å². The number of hydrogen-bond acceptors (Lipinski definition) is 3. The lowest BCUT2D eigenvalue weighted by atomic mass is 10.1. The molecule has 3 aromatic rings. The van der Waals surface area contributed by atoms with Crippen LogP contribution in [0.1, 0.15) is 10.4 Å². The quantitative estimate of drug-likeness (QED) is 0.482. The molecule has 88 valence electrons. The molecule has 1 heterocycles. The van der Waals surface area contributed by atoms with Gasteiger partial charge in [0.05, 0.1) is 23.7 Å². The molecule has 0 unspecified atom stereocenters. The molecular weight excluding hydrogens is 226 g/mol. The van der Waals surface area contributed by atoms with E-state index in [1.165, 1.54) is 7.11 Å². The van der Waals surface area contributed by atoms with Gasteiger partial charge in [-0.25, -0.2) is 9.78 Å². The highest BCUT2D eigenvalue weighted by Crippen LogP contribution is 2.22. The van der Waals surface area contributed by atoms with E-state index in [0.29, 0.717) is 11.1 Å². The van der Waals surface area contributed by atoms with Crippen molar-refractivity contribution in [3.8, 4) is 0 Å². The van der Waals surface area contributed by atoms with E-state index in [4.69, 9.17) is 4.74 Å². The Balaban J connectivity index is 2.39. The Bertz CT molecular complexity index is 750. The molecule has 0 fully saturated rings. The zero-order chi connectivity index (χ0) is 12.5. The summed E-state index contributed by atoms with van der Waals surface area (Å²) in [5, 5.41) is 2.00. The Labute approximate surface area is 104 Å². The largest absolute Gasteiger partial charge is 0.465 e. The van der Waals surface area contributed by atoms with Gasteiger partial charge in [-0.2, -0.15) is 0 Å². The molecule has 3 rings (SSSR count). The third-order valence-electron chi connectivity index (χ3n) is 2.95. The summed E-state index contributed by atoms with van der Waals surface area (Å²) in [7, 11) is 1.38. The fourth-order valence-corrected chi connectivity index (χ4v) is 2.08. The van der Waals surface area contributed by atoms with Gasteiger partial charge in [-0.1, -0.05) is 30.3 Å². The maximum absolute atomic E-state index is 11.7. The van der Waals surface area contributed by atoms with E-state index in [0.717, 1.165) is 16.3 Å². The van der Waals surface area contributed by atoms with Crippen LogP contribution in [0.4, 0.5) is 0 Å². The minimum Gasteiger partial charge on any atom is -0.465 e. The molecule has 18 heavy (non-hydrogen) atoms. The molecule has 0 atom stereocenters. The molecule has 0 aliphatic heterocycles. The molecule has 0 amide bonds. The molecule has 0 spiro atoms. The maximum Gasteiger partial charge on any atom is 0.340 e. The van der Waals surface area contributed by atoms with Gasteiger partial charge in [0.25, 0.3) is 0 Å². The lowest BCUT2D eigenvalue weighted by molar-refractivity contribution is 0.0603. The number of para-hydroxylation sites is 2. The van der Waals surface area contributed by atoms with E-state index in [1.807, 2.05) is 42.5 Å². The number of benzene rings is 2. The highest BCUT2D eigenvalue weighted by Gasteiger charge is 2.11. The molecule has 0 saturated carbocycles. The highest BCUT2D eigenvalue weighted by molar-refractivity contribution is 6.05. The van der Waals surface area contributed by atoms with Gasteiger partial charge in [0, 0.05) is 10.8 Å². The van der Waals surface area contributed by atoms with E-state index in [-0.39, 0.29) is 5.97 Å². The summed E-state index contributed by atoms with van der Waals surface area (Å²) < 4.78 is 4.78. The van der Waals surface area contributed by atoms with Crippen LogP contribution in [-0.2, 0) is 4.74 Å². The number of carbonyl (C=O) groups is 1. The molecule has 3 heteroatoms. The number of pyridine rings is 1. The number of nitrogens with zero attached hydrogens (tertiary/aromatic N) is 1. The number of hydrogen-bond donors (Lipinski definition) is 0. The molecular formula is C15H11NO2. The van der Waals surface area contributed by atoms with Crippen molar-refractivity contribution in [2.24, 2.45) is 0 Å². The minimum atomic E-state index is -0.358. The smallest absolute Gasteiger partial charge is 0.340 e. The van der Waals surface area contributed by atoms with Gasteiger partial charge >= 0.3 is 5.97 Å². The summed E-state index contributed by atoms with van der Waals surface area (Å²) >= 11 is 0. The molecule has 2 aromatic carbocycles. The standard InChI is InChI=1S/C15H11NO2/c1-18-15(17)12-7-4-6-11-9-10-5-2-3-8-13(10)16-14(11)12/h2-9H,1H3. The fourth-order valence-electron chi connectivity index (χ4n) is 2.08. The zero-order valence-electron chi connectivity index (χ0n) is 9.88. The van der Waals surface area contributed by atoms with Gasteiger partial charge in [0.2, 0.25) is 0 Å². The summed E-state index contributed by atoms with van der Waals surface area (Å²) in [5.74, 6) is -0.358. The molecule has 0 bridgehead atoms. The van der Waals surface area contributed by atoms with Gasteiger partial charge < -0.3 is 4.74 Å². The SMILES string of the molecule is COC(=O)c1cccc2cc3ccccc3nc12. The second-order valence-corrected chi connectivity index (χ2v) is 4.05. The summed E-state index contributed by atoms with van der Waals surface area (Å²) in [6.45, 7) is 0. The van der Waals surface area contributed by atoms with Crippen molar-refractivity contribution in [1.29, 1.82) is 0 Å². The second kappa shape index (κ2) is 4.11. The molecule has 0 radical (unpaired) electrons. The Morgan fingerprint density at radius 3 is 2.67 bits per heavy atom. The number of ether oxygens (including phenoxy) is 1. The molecule has 3 nitrogen and oxygen atoms in total. The molecule has 0 N–H and O–H groups in total. The normalized spacial score (nSPS) is 10.7. The summed E-state index contributed by atoms with van der Waals surface area (Å²) in [6.07, 6.45) is 0. The van der Waals surface area contributed by atoms with Crippen molar-refractivity contribution >= 4 is 27.8 Å². The predicted molar refractivity (Wildman–Crippen MR) is 70.6 cm³/mol. The Kier molecular flexibility index (Phi) is 2.45. The third kappa shape index (κ3) is 1.61. The van der Waals surface area contributed by atoms with Gasteiger partial charge in [0.1, 0.15) is 0 Å². The Hall–Kier alpha value is -2.42. The second-order valence-electron chi connectivity index (χ2n) is 4.05. The summed E-state index contributed by atoms with van der Waals surface area (Å²) in [4.78, 5) is 16.2. The number of aromatic nitrogens is 1. The lowest BCUT2D eigenvalue weighted by Crippen LogP contribution is -2.02. The first-order valence-corrected chi connectivity index (χ1v) is 5.66. The average Bonchev–Trinajstić information content (AvgIpc) is 2.43. The summed E-state index contributed by atoms with van der Waals surface area (Å²) in [5.41, 5.74) is 2.06. The fraction of sp³-hybridized carbons (Fsp3) is 0.0667. The Morgan fingerprint density at radius 2 is 1.83 bits per heavy atom. The zero-order valence-corrected chi connectivity index (χ0v) is 9.88. The van der Waals surface area contributed by atoms with Crippen LogP contribution in [0.3, 0.4) is 0 Å². The first-order chi connectivity index (χ1) is 8.79. The van der Waals surface area contributed by atoms with Crippen LogP contribution in [0.25, 0.3) is 21.8 Å². The number of rotatable bonds is 1. The van der Waals surface area contributed by atoms with Crippen molar-refractivity contribution in [1.82, 2.24) is 4.98 Å². The van der Waals surface area contributed by atoms with E-state index < -0.39 is 0 Å². The van der Waals surface area contributed by atoms with Crippen molar-refractivity contribution in [3.05, 3.63) is 54.1 Å². The topological polar surface area (TPSA) is 39.2 Å². The van der Waals surface area contributed by atoms with Crippen LogP contribution in [-0.4, -0.2) is 18.1 Å². The summed E-state index contributed by atoms with van der Waals surface area (Å²) in [6, 6.07) is 15.4. The highest BCUT2D eigenvalue weighted by atomic mass is 16.5. The minimum absolute atomic E-state index is 0.358. The van der Waals surface area contributed by atoms with E-state index >= 15 is 0 Å². The van der Waals surface area contributed by atoms with Crippen molar-refractivity contribution in [2.75, 3.05) is 7.11 Å². The molecule has 0 saturated heterocycles.